The van der Waals surface area contributed by atoms with Crippen molar-refractivity contribution in [1.82, 2.24) is 24.1 Å². The predicted molar refractivity (Wildman–Crippen MR) is 110 cm³/mol. The fourth-order valence-electron chi connectivity index (χ4n) is 3.18. The maximum Gasteiger partial charge on any atom is 0.217 e. The standard InChI is InChI=1S/C18H14ClN5OS2/c19-11-5-6-12-14(9-11)23(7-8-25)16(20-12)10-26-17-21-22-18-24(17)13-3-1-2-4-15(13)27-18/h1-6,9,25H,7-8,10H2. The first kappa shape index (κ1) is 17.0. The van der Waals surface area contributed by atoms with Gasteiger partial charge in [0.1, 0.15) is 5.82 Å². The Hall–Kier alpha value is -2.13. The van der Waals surface area contributed by atoms with Crippen molar-refractivity contribution in [2.75, 3.05) is 6.61 Å². The van der Waals surface area contributed by atoms with Crippen LogP contribution in [0.4, 0.5) is 0 Å². The van der Waals surface area contributed by atoms with E-state index in [9.17, 15) is 5.11 Å². The number of aromatic nitrogens is 5. The van der Waals surface area contributed by atoms with E-state index in [1.165, 1.54) is 4.70 Å². The zero-order valence-corrected chi connectivity index (χ0v) is 16.4. The number of para-hydroxylation sites is 1. The van der Waals surface area contributed by atoms with Gasteiger partial charge in [-0.05, 0) is 30.3 Å². The van der Waals surface area contributed by atoms with Gasteiger partial charge in [0.05, 0.1) is 33.6 Å². The van der Waals surface area contributed by atoms with Crippen LogP contribution in [0, 0.1) is 0 Å². The summed E-state index contributed by atoms with van der Waals surface area (Å²) in [6.45, 7) is 0.517. The monoisotopic (exact) mass is 415 g/mol. The lowest BCUT2D eigenvalue weighted by Gasteiger charge is -2.07. The lowest BCUT2D eigenvalue weighted by atomic mass is 10.3. The second-order valence-electron chi connectivity index (χ2n) is 6.00. The number of aliphatic hydroxyl groups is 1. The molecule has 0 saturated heterocycles. The number of nitrogens with zero attached hydrogens (tertiary/aromatic N) is 5. The van der Waals surface area contributed by atoms with Crippen molar-refractivity contribution in [2.24, 2.45) is 0 Å². The molecule has 5 rings (SSSR count). The Morgan fingerprint density at radius 2 is 2.00 bits per heavy atom. The average molecular weight is 416 g/mol. The van der Waals surface area contributed by atoms with Crippen LogP contribution in [-0.4, -0.2) is 35.9 Å². The van der Waals surface area contributed by atoms with Crippen LogP contribution in [0.15, 0.2) is 47.6 Å². The molecule has 27 heavy (non-hydrogen) atoms. The summed E-state index contributed by atoms with van der Waals surface area (Å²) < 4.78 is 5.28. The molecule has 0 unspecified atom stereocenters. The molecule has 1 N–H and O–H groups in total. The fourth-order valence-corrected chi connectivity index (χ4v) is 5.26. The van der Waals surface area contributed by atoms with Crippen LogP contribution in [0.25, 0.3) is 26.2 Å². The van der Waals surface area contributed by atoms with Crippen LogP contribution in [0.5, 0.6) is 0 Å². The Kier molecular flexibility index (Phi) is 4.28. The average Bonchev–Trinajstić information content (AvgIpc) is 3.33. The van der Waals surface area contributed by atoms with E-state index in [2.05, 4.69) is 26.7 Å². The van der Waals surface area contributed by atoms with E-state index in [4.69, 9.17) is 16.6 Å². The van der Waals surface area contributed by atoms with Gasteiger partial charge < -0.3 is 9.67 Å². The summed E-state index contributed by atoms with van der Waals surface area (Å²) in [5, 5.41) is 19.6. The molecule has 0 aliphatic carbocycles. The van der Waals surface area contributed by atoms with Gasteiger partial charge in [0.15, 0.2) is 5.16 Å². The highest BCUT2D eigenvalue weighted by Gasteiger charge is 2.16. The molecule has 0 radical (unpaired) electrons. The van der Waals surface area contributed by atoms with E-state index < -0.39 is 0 Å². The van der Waals surface area contributed by atoms with E-state index >= 15 is 0 Å². The summed E-state index contributed by atoms with van der Waals surface area (Å²) >= 11 is 9.35. The van der Waals surface area contributed by atoms with Crippen LogP contribution in [0.2, 0.25) is 5.02 Å². The van der Waals surface area contributed by atoms with Crippen LogP contribution in [-0.2, 0) is 12.3 Å². The van der Waals surface area contributed by atoms with Crippen molar-refractivity contribution in [1.29, 1.82) is 0 Å². The maximum atomic E-state index is 9.46. The normalized spacial score (nSPS) is 11.9. The first-order chi connectivity index (χ1) is 13.2. The molecule has 5 aromatic rings. The molecule has 0 atom stereocenters. The number of hydrogen-bond acceptors (Lipinski definition) is 6. The van der Waals surface area contributed by atoms with Crippen molar-refractivity contribution < 1.29 is 5.11 Å². The Balaban J connectivity index is 1.53. The maximum absolute atomic E-state index is 9.46. The number of aliphatic hydroxyl groups excluding tert-OH is 1. The Morgan fingerprint density at radius 1 is 1.11 bits per heavy atom. The Bertz CT molecular complexity index is 1280. The number of hydrogen-bond donors (Lipinski definition) is 1. The van der Waals surface area contributed by atoms with Crippen LogP contribution in [0.1, 0.15) is 5.82 Å². The molecule has 9 heteroatoms. The van der Waals surface area contributed by atoms with Gasteiger partial charge in [-0.25, -0.2) is 4.98 Å². The van der Waals surface area contributed by atoms with E-state index in [0.29, 0.717) is 17.3 Å². The molecule has 0 saturated carbocycles. The zero-order valence-electron chi connectivity index (χ0n) is 14.0. The minimum absolute atomic E-state index is 0.0417. The molecule has 2 aromatic carbocycles. The highest BCUT2D eigenvalue weighted by atomic mass is 35.5. The summed E-state index contributed by atoms with van der Waals surface area (Å²) in [6.07, 6.45) is 0. The summed E-state index contributed by atoms with van der Waals surface area (Å²) in [6, 6.07) is 13.8. The third-order valence-electron chi connectivity index (χ3n) is 4.35. The summed E-state index contributed by atoms with van der Waals surface area (Å²) in [5.41, 5.74) is 2.91. The second kappa shape index (κ2) is 6.79. The Morgan fingerprint density at radius 3 is 2.89 bits per heavy atom. The van der Waals surface area contributed by atoms with Crippen LogP contribution >= 0.6 is 34.7 Å². The third-order valence-corrected chi connectivity index (χ3v) is 6.53. The summed E-state index contributed by atoms with van der Waals surface area (Å²) in [7, 11) is 0. The van der Waals surface area contributed by atoms with Crippen LogP contribution < -0.4 is 0 Å². The highest BCUT2D eigenvalue weighted by molar-refractivity contribution is 7.98. The molecule has 6 nitrogen and oxygen atoms in total. The number of imidazole rings is 1. The van der Waals surface area contributed by atoms with Crippen molar-refractivity contribution in [3.63, 3.8) is 0 Å². The van der Waals surface area contributed by atoms with Gasteiger partial charge in [-0.3, -0.25) is 4.40 Å². The molecule has 3 aromatic heterocycles. The topological polar surface area (TPSA) is 68.2 Å². The molecule has 0 aliphatic rings. The number of halogens is 1. The Labute approximate surface area is 167 Å². The number of benzene rings is 2. The fraction of sp³-hybridized carbons (Fsp3) is 0.167. The minimum atomic E-state index is 0.0417. The first-order valence-corrected chi connectivity index (χ1v) is 10.5. The summed E-state index contributed by atoms with van der Waals surface area (Å²) in [5.74, 6) is 1.50. The number of fused-ring (bicyclic) bond motifs is 4. The molecule has 0 spiro atoms. The van der Waals surface area contributed by atoms with Crippen molar-refractivity contribution in [3.8, 4) is 0 Å². The summed E-state index contributed by atoms with van der Waals surface area (Å²) in [4.78, 5) is 5.60. The quantitative estimate of drug-likeness (QED) is 0.435. The van der Waals surface area contributed by atoms with Gasteiger partial charge >= 0.3 is 0 Å². The first-order valence-electron chi connectivity index (χ1n) is 8.35. The molecule has 0 fully saturated rings. The van der Waals surface area contributed by atoms with Crippen molar-refractivity contribution in [2.45, 2.75) is 17.5 Å². The molecule has 0 amide bonds. The zero-order chi connectivity index (χ0) is 18.4. The molecule has 0 aliphatic heterocycles. The number of thiazole rings is 1. The highest BCUT2D eigenvalue weighted by Crippen LogP contribution is 2.31. The molecular weight excluding hydrogens is 402 g/mol. The molecule has 0 bridgehead atoms. The molecule has 136 valence electrons. The van der Waals surface area contributed by atoms with E-state index in [0.717, 1.165) is 32.5 Å². The van der Waals surface area contributed by atoms with Crippen molar-refractivity contribution in [3.05, 3.63) is 53.3 Å². The third kappa shape index (κ3) is 2.89. The van der Waals surface area contributed by atoms with Gasteiger partial charge in [0.2, 0.25) is 4.96 Å². The van der Waals surface area contributed by atoms with Gasteiger partial charge in [-0.1, -0.05) is 46.8 Å². The molecule has 3 heterocycles. The van der Waals surface area contributed by atoms with Crippen LogP contribution in [0.3, 0.4) is 0 Å². The van der Waals surface area contributed by atoms with E-state index in [1.807, 2.05) is 34.9 Å². The van der Waals surface area contributed by atoms with Gasteiger partial charge in [0, 0.05) is 11.6 Å². The largest absolute Gasteiger partial charge is 0.395 e. The molecular formula is C18H14ClN5OS2. The smallest absolute Gasteiger partial charge is 0.217 e. The predicted octanol–water partition coefficient (Wildman–Crippen LogP) is 4.23. The minimum Gasteiger partial charge on any atom is -0.395 e. The van der Waals surface area contributed by atoms with Crippen molar-refractivity contribution >= 4 is 60.9 Å². The lowest BCUT2D eigenvalue weighted by Crippen LogP contribution is -2.06. The van der Waals surface area contributed by atoms with Gasteiger partial charge in [0.25, 0.3) is 0 Å². The van der Waals surface area contributed by atoms with E-state index in [-0.39, 0.29) is 6.61 Å². The number of thioether (sulfide) groups is 1. The number of rotatable bonds is 5. The second-order valence-corrected chi connectivity index (χ2v) is 8.38. The SMILES string of the molecule is OCCn1c(CSc2nnc3sc4ccccc4n23)nc2ccc(Cl)cc21. The van der Waals surface area contributed by atoms with E-state index in [1.54, 1.807) is 23.1 Å². The lowest BCUT2D eigenvalue weighted by molar-refractivity contribution is 0.276. The van der Waals surface area contributed by atoms with Gasteiger partial charge in [-0.2, -0.15) is 0 Å². The van der Waals surface area contributed by atoms with Gasteiger partial charge in [-0.15, -0.1) is 10.2 Å².